The topological polar surface area (TPSA) is 55.2 Å². The maximum Gasteiger partial charge on any atom is 0.305 e. The minimum Gasteiger partial charge on any atom is -0.380 e. The Labute approximate surface area is 118 Å². The molecule has 0 atom stereocenters. The van der Waals surface area contributed by atoms with E-state index in [1.807, 2.05) is 19.1 Å². The van der Waals surface area contributed by atoms with Crippen LogP contribution in [-0.2, 0) is 0 Å². The number of hydrogen-bond donors (Lipinski definition) is 1. The van der Waals surface area contributed by atoms with Gasteiger partial charge in [0.05, 0.1) is 9.82 Å². The number of benzene rings is 1. The molecular formula is C14H20N2O2S. The van der Waals surface area contributed by atoms with Gasteiger partial charge in [-0.15, -0.1) is 11.8 Å². The van der Waals surface area contributed by atoms with Gasteiger partial charge in [0.25, 0.3) is 0 Å². The Morgan fingerprint density at radius 1 is 1.37 bits per heavy atom. The van der Waals surface area contributed by atoms with Crippen molar-refractivity contribution in [3.05, 3.63) is 28.3 Å². The lowest BCUT2D eigenvalue weighted by Crippen LogP contribution is -2.09. The van der Waals surface area contributed by atoms with E-state index in [1.165, 1.54) is 32.1 Å². The van der Waals surface area contributed by atoms with Crippen LogP contribution in [0.1, 0.15) is 39.0 Å². The summed E-state index contributed by atoms with van der Waals surface area (Å²) < 4.78 is 0. The molecule has 0 heterocycles. The molecule has 0 radical (unpaired) electrons. The Morgan fingerprint density at radius 2 is 2.11 bits per heavy atom. The number of para-hydroxylation sites is 1. The SMILES string of the molecule is CCNc1cccc(SC2CCCCC2)c1[N+](=O)[O-]. The highest BCUT2D eigenvalue weighted by atomic mass is 32.2. The third-order valence-corrected chi connectivity index (χ3v) is 4.78. The van der Waals surface area contributed by atoms with Crippen molar-refractivity contribution in [2.45, 2.75) is 49.2 Å². The quantitative estimate of drug-likeness (QED) is 0.639. The Balaban J connectivity index is 2.22. The molecule has 2 rings (SSSR count). The third-order valence-electron chi connectivity index (χ3n) is 3.39. The van der Waals surface area contributed by atoms with Gasteiger partial charge < -0.3 is 5.32 Å². The number of rotatable bonds is 5. The van der Waals surface area contributed by atoms with Crippen LogP contribution in [0.2, 0.25) is 0 Å². The molecule has 1 fully saturated rings. The van der Waals surface area contributed by atoms with Gasteiger partial charge in [0.15, 0.2) is 0 Å². The molecule has 0 aromatic heterocycles. The lowest BCUT2D eigenvalue weighted by Gasteiger charge is -2.21. The van der Waals surface area contributed by atoms with Crippen molar-refractivity contribution in [2.24, 2.45) is 0 Å². The van der Waals surface area contributed by atoms with E-state index in [2.05, 4.69) is 5.32 Å². The fraction of sp³-hybridized carbons (Fsp3) is 0.571. The zero-order chi connectivity index (χ0) is 13.7. The minimum absolute atomic E-state index is 0.236. The molecule has 1 saturated carbocycles. The molecule has 1 aromatic carbocycles. The average Bonchev–Trinajstić information content (AvgIpc) is 2.40. The van der Waals surface area contributed by atoms with Crippen LogP contribution in [0.4, 0.5) is 11.4 Å². The lowest BCUT2D eigenvalue weighted by molar-refractivity contribution is -0.386. The summed E-state index contributed by atoms with van der Waals surface area (Å²) in [7, 11) is 0. The van der Waals surface area contributed by atoms with Gasteiger partial charge >= 0.3 is 5.69 Å². The smallest absolute Gasteiger partial charge is 0.305 e. The molecule has 1 aromatic rings. The monoisotopic (exact) mass is 280 g/mol. The van der Waals surface area contributed by atoms with Crippen LogP contribution < -0.4 is 5.32 Å². The predicted octanol–water partition coefficient (Wildman–Crippen LogP) is 4.45. The normalized spacial score (nSPS) is 16.3. The first-order valence-electron chi connectivity index (χ1n) is 6.90. The summed E-state index contributed by atoms with van der Waals surface area (Å²) in [5, 5.41) is 14.9. The Kier molecular flexibility index (Phi) is 5.07. The molecule has 0 aliphatic heterocycles. The molecule has 0 bridgehead atoms. The molecule has 0 amide bonds. The van der Waals surface area contributed by atoms with Crippen LogP contribution in [-0.4, -0.2) is 16.7 Å². The van der Waals surface area contributed by atoms with E-state index < -0.39 is 0 Å². The molecule has 4 nitrogen and oxygen atoms in total. The number of hydrogen-bond acceptors (Lipinski definition) is 4. The van der Waals surface area contributed by atoms with Crippen molar-refractivity contribution in [2.75, 3.05) is 11.9 Å². The maximum atomic E-state index is 11.3. The van der Waals surface area contributed by atoms with Gasteiger partial charge in [-0.25, -0.2) is 0 Å². The molecule has 104 valence electrons. The summed E-state index contributed by atoms with van der Waals surface area (Å²) >= 11 is 1.68. The summed E-state index contributed by atoms with van der Waals surface area (Å²) in [4.78, 5) is 11.9. The first kappa shape index (κ1) is 14.2. The van der Waals surface area contributed by atoms with Crippen molar-refractivity contribution in [1.82, 2.24) is 0 Å². The number of anilines is 1. The second kappa shape index (κ2) is 6.80. The molecule has 5 heteroatoms. The number of thioether (sulfide) groups is 1. The van der Waals surface area contributed by atoms with Crippen LogP contribution in [0.3, 0.4) is 0 Å². The zero-order valence-electron chi connectivity index (χ0n) is 11.2. The van der Waals surface area contributed by atoms with Crippen LogP contribution in [0, 0.1) is 10.1 Å². The van der Waals surface area contributed by atoms with Crippen molar-refractivity contribution in [1.29, 1.82) is 0 Å². The van der Waals surface area contributed by atoms with Crippen LogP contribution in [0.5, 0.6) is 0 Å². The highest BCUT2D eigenvalue weighted by Gasteiger charge is 2.23. The molecule has 0 saturated heterocycles. The summed E-state index contributed by atoms with van der Waals surface area (Å²) in [5.74, 6) is 0. The fourth-order valence-electron chi connectivity index (χ4n) is 2.50. The summed E-state index contributed by atoms with van der Waals surface area (Å²) in [6.07, 6.45) is 6.15. The van der Waals surface area contributed by atoms with E-state index in [1.54, 1.807) is 17.8 Å². The third kappa shape index (κ3) is 3.62. The van der Waals surface area contributed by atoms with Gasteiger partial charge in [-0.3, -0.25) is 10.1 Å². The van der Waals surface area contributed by atoms with E-state index in [0.29, 0.717) is 17.5 Å². The lowest BCUT2D eigenvalue weighted by atomic mass is 10.0. The van der Waals surface area contributed by atoms with E-state index >= 15 is 0 Å². The Morgan fingerprint density at radius 3 is 2.74 bits per heavy atom. The van der Waals surface area contributed by atoms with Crippen LogP contribution in [0.15, 0.2) is 23.1 Å². The Hall–Kier alpha value is -1.23. The van der Waals surface area contributed by atoms with Crippen molar-refractivity contribution in [3.63, 3.8) is 0 Å². The van der Waals surface area contributed by atoms with Gasteiger partial charge in [-0.05, 0) is 31.9 Å². The van der Waals surface area contributed by atoms with E-state index in [4.69, 9.17) is 0 Å². The zero-order valence-corrected chi connectivity index (χ0v) is 12.0. The van der Waals surface area contributed by atoms with Gasteiger partial charge in [-0.1, -0.05) is 25.3 Å². The molecule has 1 aliphatic carbocycles. The summed E-state index contributed by atoms with van der Waals surface area (Å²) in [6, 6.07) is 5.56. The maximum absolute atomic E-state index is 11.3. The predicted molar refractivity (Wildman–Crippen MR) is 80.0 cm³/mol. The second-order valence-electron chi connectivity index (χ2n) is 4.82. The van der Waals surface area contributed by atoms with E-state index in [-0.39, 0.29) is 10.6 Å². The molecule has 1 N–H and O–H groups in total. The van der Waals surface area contributed by atoms with Gasteiger partial charge in [0.2, 0.25) is 0 Å². The number of nitrogens with zero attached hydrogens (tertiary/aromatic N) is 1. The minimum atomic E-state index is -0.261. The molecule has 0 unspecified atom stereocenters. The molecule has 19 heavy (non-hydrogen) atoms. The van der Waals surface area contributed by atoms with Crippen LogP contribution in [0.25, 0.3) is 0 Å². The summed E-state index contributed by atoms with van der Waals surface area (Å²) in [5.41, 5.74) is 0.869. The summed E-state index contributed by atoms with van der Waals surface area (Å²) in [6.45, 7) is 2.64. The standard InChI is InChI=1S/C14H20N2O2S/c1-2-15-12-9-6-10-13(14(12)16(17)18)19-11-7-4-3-5-8-11/h6,9-11,15H,2-5,7-8H2,1H3. The first-order valence-corrected chi connectivity index (χ1v) is 7.78. The van der Waals surface area contributed by atoms with Crippen molar-refractivity contribution < 1.29 is 4.92 Å². The van der Waals surface area contributed by atoms with Gasteiger partial charge in [0, 0.05) is 11.8 Å². The average molecular weight is 280 g/mol. The first-order chi connectivity index (χ1) is 9.22. The highest BCUT2D eigenvalue weighted by Crippen LogP contribution is 2.41. The number of nitro groups is 1. The van der Waals surface area contributed by atoms with Crippen LogP contribution >= 0.6 is 11.8 Å². The largest absolute Gasteiger partial charge is 0.380 e. The Bertz CT molecular complexity index is 445. The van der Waals surface area contributed by atoms with E-state index in [9.17, 15) is 10.1 Å². The molecular weight excluding hydrogens is 260 g/mol. The van der Waals surface area contributed by atoms with Gasteiger partial charge in [-0.2, -0.15) is 0 Å². The fourth-order valence-corrected chi connectivity index (χ4v) is 3.88. The number of nitrogens with one attached hydrogen (secondary N) is 1. The highest BCUT2D eigenvalue weighted by molar-refractivity contribution is 8.00. The van der Waals surface area contributed by atoms with Gasteiger partial charge in [0.1, 0.15) is 5.69 Å². The second-order valence-corrected chi connectivity index (χ2v) is 6.16. The van der Waals surface area contributed by atoms with Crippen molar-refractivity contribution in [3.8, 4) is 0 Å². The molecule has 0 spiro atoms. The van der Waals surface area contributed by atoms with Crippen molar-refractivity contribution >= 4 is 23.1 Å². The number of nitro benzene ring substituents is 1. The molecule has 1 aliphatic rings. The van der Waals surface area contributed by atoms with E-state index in [0.717, 1.165) is 4.90 Å².